The van der Waals surface area contributed by atoms with Crippen LogP contribution in [0.3, 0.4) is 0 Å². The first-order valence-electron chi connectivity index (χ1n) is 13.2. The molecule has 13 heteroatoms. The molecule has 224 valence electrons. The number of benzene rings is 2. The van der Waals surface area contributed by atoms with E-state index >= 15 is 0 Å². The highest BCUT2D eigenvalue weighted by atomic mass is 16.5. The van der Waals surface area contributed by atoms with Gasteiger partial charge in [0.1, 0.15) is 22.8 Å². The van der Waals surface area contributed by atoms with Crippen molar-refractivity contribution in [2.24, 2.45) is 17.6 Å². The number of fused-ring (bicyclic) bond motifs is 3. The summed E-state index contributed by atoms with van der Waals surface area (Å²) in [4.78, 5) is 64.2. The number of Topliss-reactive ketones (excluding diaryl/α,β-unsaturated/α-hetero) is 2. The molecule has 0 unspecified atom stereocenters. The highest BCUT2D eigenvalue weighted by Crippen LogP contribution is 2.53. The number of anilines is 1. The summed E-state index contributed by atoms with van der Waals surface area (Å²) in [6, 6.07) is 8.18. The number of carbonyl (C=O) groups is 5. The topological polar surface area (TPSA) is 217 Å². The van der Waals surface area contributed by atoms with Gasteiger partial charge in [0.2, 0.25) is 5.78 Å². The van der Waals surface area contributed by atoms with Crippen LogP contribution >= 0.6 is 0 Å². The van der Waals surface area contributed by atoms with Crippen molar-refractivity contribution in [1.29, 1.82) is 0 Å². The molecule has 0 radical (unpaired) electrons. The minimum absolute atomic E-state index is 0.0423. The van der Waals surface area contributed by atoms with E-state index in [1.807, 2.05) is 0 Å². The van der Waals surface area contributed by atoms with Crippen LogP contribution in [0.5, 0.6) is 5.75 Å². The molecule has 13 nitrogen and oxygen atoms in total. The molecule has 0 saturated heterocycles. The maximum absolute atomic E-state index is 13.9. The first-order valence-corrected chi connectivity index (χ1v) is 13.2. The van der Waals surface area contributed by atoms with E-state index in [1.165, 1.54) is 11.0 Å². The van der Waals surface area contributed by atoms with E-state index in [4.69, 9.17) is 5.73 Å². The van der Waals surface area contributed by atoms with Gasteiger partial charge in [-0.05, 0) is 67.7 Å². The fourth-order valence-electron chi connectivity index (χ4n) is 6.53. The number of allylic oxidation sites excluding steroid dienone is 1. The van der Waals surface area contributed by atoms with E-state index in [2.05, 4.69) is 10.1 Å². The normalized spacial score (nSPS) is 24.7. The molecule has 2 aromatic rings. The Labute approximate surface area is 244 Å². The highest BCUT2D eigenvalue weighted by Gasteiger charge is 2.63. The molecule has 2 amide bonds. The van der Waals surface area contributed by atoms with Crippen molar-refractivity contribution in [2.75, 3.05) is 26.5 Å². The summed E-state index contributed by atoms with van der Waals surface area (Å²) in [6.07, 6.45) is 0.0679. The maximum atomic E-state index is 13.9. The number of nitrogens with two attached hydrogens (primary N) is 1. The maximum Gasteiger partial charge on any atom is 0.396 e. The predicted octanol–water partition coefficient (Wildman–Crippen LogP) is 0.899. The Bertz CT molecular complexity index is 1670. The summed E-state index contributed by atoms with van der Waals surface area (Å²) in [5.41, 5.74) is 3.32. The van der Waals surface area contributed by atoms with Gasteiger partial charge < -0.3 is 36.2 Å². The Morgan fingerprint density at radius 2 is 1.70 bits per heavy atom. The standard InChI is InChI=1S/C30H29N3O10/c1-33(2)22-17-11-13-10-16-15(12-4-6-14(7-5-12)32-28(40)29(41)43-3)8-9-18(34)20(16)23(35)19(13)25(37)30(17,42)26(38)21(24(22)36)27(31)39/h4-9,13,17,22,34,36-37,42H,10-11H2,1-3H3,(H2,31,39)(H,32,40)/t13-,17-,22-,30+/m1/s1. The molecule has 0 aliphatic heterocycles. The second kappa shape index (κ2) is 10.4. The molecule has 2 aromatic carbocycles. The first-order chi connectivity index (χ1) is 20.2. The Hall–Kier alpha value is -5.01. The van der Waals surface area contributed by atoms with Gasteiger partial charge >= 0.3 is 11.9 Å². The van der Waals surface area contributed by atoms with Gasteiger partial charge in [-0.2, -0.15) is 0 Å². The molecule has 0 saturated carbocycles. The average Bonchev–Trinajstić information content (AvgIpc) is 2.94. The quantitative estimate of drug-likeness (QED) is 0.167. The number of hydrogen-bond donors (Lipinski definition) is 6. The summed E-state index contributed by atoms with van der Waals surface area (Å²) in [5, 5.41) is 47.2. The van der Waals surface area contributed by atoms with Gasteiger partial charge in [-0.15, -0.1) is 0 Å². The van der Waals surface area contributed by atoms with Gasteiger partial charge in [0, 0.05) is 17.2 Å². The van der Waals surface area contributed by atoms with E-state index in [-0.39, 0.29) is 29.7 Å². The van der Waals surface area contributed by atoms with E-state index in [1.54, 1.807) is 44.4 Å². The number of hydrogen-bond acceptors (Lipinski definition) is 11. The molecule has 0 fully saturated rings. The number of carbonyl (C=O) groups excluding carboxylic acids is 5. The third-order valence-electron chi connectivity index (χ3n) is 8.43. The van der Waals surface area contributed by atoms with Crippen LogP contribution in [0.15, 0.2) is 59.1 Å². The van der Waals surface area contributed by atoms with Gasteiger partial charge in [-0.1, -0.05) is 18.2 Å². The number of rotatable bonds is 4. The van der Waals surface area contributed by atoms with Crippen molar-refractivity contribution in [3.05, 3.63) is 70.2 Å². The van der Waals surface area contributed by atoms with Crippen molar-refractivity contribution < 1.29 is 49.1 Å². The summed E-state index contributed by atoms with van der Waals surface area (Å²) >= 11 is 0. The number of nitrogens with one attached hydrogen (secondary N) is 1. The average molecular weight is 592 g/mol. The molecule has 0 heterocycles. The Morgan fingerprint density at radius 1 is 1.05 bits per heavy atom. The first kappa shape index (κ1) is 29.5. The van der Waals surface area contributed by atoms with Crippen LogP contribution in [0, 0.1) is 11.8 Å². The number of phenols is 1. The van der Waals surface area contributed by atoms with Gasteiger partial charge in [0.05, 0.1) is 18.7 Å². The number of methoxy groups -OCH3 is 1. The lowest BCUT2D eigenvalue weighted by atomic mass is 9.58. The van der Waals surface area contributed by atoms with Crippen LogP contribution in [0.1, 0.15) is 22.3 Å². The molecule has 5 rings (SSSR count). The zero-order valence-corrected chi connectivity index (χ0v) is 23.4. The van der Waals surface area contributed by atoms with Gasteiger partial charge in [-0.3, -0.25) is 24.1 Å². The number of aliphatic hydroxyl groups is 3. The number of primary amides is 1. The Morgan fingerprint density at radius 3 is 2.28 bits per heavy atom. The minimum atomic E-state index is -2.72. The molecule has 43 heavy (non-hydrogen) atoms. The minimum Gasteiger partial charge on any atom is -0.510 e. The van der Waals surface area contributed by atoms with Crippen molar-refractivity contribution in [1.82, 2.24) is 4.90 Å². The zero-order chi connectivity index (χ0) is 31.5. The fraction of sp³-hybridized carbons (Fsp3) is 0.300. The lowest BCUT2D eigenvalue weighted by Crippen LogP contribution is -2.63. The lowest BCUT2D eigenvalue weighted by molar-refractivity contribution is -0.150. The number of aromatic hydroxyl groups is 1. The fourth-order valence-corrected chi connectivity index (χ4v) is 6.53. The number of ether oxygens (including phenoxy) is 1. The zero-order valence-electron chi connectivity index (χ0n) is 23.4. The molecule has 3 aliphatic carbocycles. The third-order valence-corrected chi connectivity index (χ3v) is 8.43. The smallest absolute Gasteiger partial charge is 0.396 e. The van der Waals surface area contributed by atoms with E-state index in [9.17, 15) is 44.4 Å². The monoisotopic (exact) mass is 591 g/mol. The molecule has 4 atom stereocenters. The van der Waals surface area contributed by atoms with Gasteiger partial charge in [0.15, 0.2) is 11.4 Å². The van der Waals surface area contributed by atoms with E-state index < -0.39 is 69.9 Å². The van der Waals surface area contributed by atoms with Crippen molar-refractivity contribution in [3.8, 4) is 16.9 Å². The second-order valence-corrected chi connectivity index (χ2v) is 11.0. The van der Waals surface area contributed by atoms with Crippen LogP contribution in [0.25, 0.3) is 11.1 Å². The van der Waals surface area contributed by atoms with Crippen LogP contribution in [-0.2, 0) is 30.3 Å². The summed E-state index contributed by atoms with van der Waals surface area (Å²) in [5.74, 6) is -9.26. The number of ketones is 2. The Kier molecular flexibility index (Phi) is 7.11. The molecule has 0 bridgehead atoms. The number of amides is 2. The summed E-state index contributed by atoms with van der Waals surface area (Å²) in [6.45, 7) is 0. The van der Waals surface area contributed by atoms with Crippen molar-refractivity contribution >= 4 is 35.0 Å². The summed E-state index contributed by atoms with van der Waals surface area (Å²) < 4.78 is 4.40. The largest absolute Gasteiger partial charge is 0.510 e. The highest BCUT2D eigenvalue weighted by molar-refractivity contribution is 6.37. The van der Waals surface area contributed by atoms with Gasteiger partial charge in [-0.25, -0.2) is 4.79 Å². The molecule has 0 aromatic heterocycles. The van der Waals surface area contributed by atoms with Crippen LogP contribution in [0.2, 0.25) is 0 Å². The van der Waals surface area contributed by atoms with Crippen LogP contribution in [-0.4, -0.2) is 87.5 Å². The van der Waals surface area contributed by atoms with Crippen LogP contribution in [0.4, 0.5) is 5.69 Å². The number of esters is 1. The SMILES string of the molecule is COC(=O)C(=O)Nc1ccc(-c2ccc(O)c3c2C[C@@H]2C[C@@H]4[C@@H](N(C)C)C(O)=C(C(N)=O)C(=O)[C@@]4(O)C(O)=C2C3=O)cc1. The molecular weight excluding hydrogens is 562 g/mol. The second-order valence-electron chi connectivity index (χ2n) is 11.0. The molecule has 0 spiro atoms. The number of phenolic OH excluding ortho intramolecular Hbond substituents is 1. The van der Waals surface area contributed by atoms with Crippen molar-refractivity contribution in [3.63, 3.8) is 0 Å². The number of nitrogens with zero attached hydrogens (tertiary/aromatic N) is 1. The van der Waals surface area contributed by atoms with Crippen LogP contribution < -0.4 is 11.1 Å². The van der Waals surface area contributed by atoms with Crippen molar-refractivity contribution in [2.45, 2.75) is 24.5 Å². The predicted molar refractivity (Wildman–Crippen MR) is 150 cm³/mol. The summed E-state index contributed by atoms with van der Waals surface area (Å²) in [7, 11) is 4.19. The molecular formula is C30H29N3O10. The lowest BCUT2D eigenvalue weighted by Gasteiger charge is -2.50. The third kappa shape index (κ3) is 4.35. The number of likely N-dealkylation sites (N-methyl/N-ethyl adjacent to an activating group) is 1. The Balaban J connectivity index is 1.60. The van der Waals surface area contributed by atoms with E-state index in [0.717, 1.165) is 7.11 Å². The van der Waals surface area contributed by atoms with Gasteiger partial charge in [0.25, 0.3) is 5.91 Å². The molecule has 3 aliphatic rings. The molecule has 7 N–H and O–H groups in total. The van der Waals surface area contributed by atoms with E-state index in [0.29, 0.717) is 22.4 Å². The number of aliphatic hydroxyl groups excluding tert-OH is 2.